The molecule has 98 valence electrons. The van der Waals surface area contributed by atoms with Crippen molar-refractivity contribution in [3.05, 3.63) is 65.0 Å². The average molecular weight is 257 g/mol. The Hall–Kier alpha value is -1.87. The Labute approximate surface area is 112 Å². The molecule has 2 aromatic rings. The third-order valence-electron chi connectivity index (χ3n) is 3.61. The number of aryl methyl sites for hydroxylation is 1. The molecular formula is C16H16FNO. The molecule has 0 aromatic heterocycles. The molecule has 0 aliphatic carbocycles. The number of ether oxygens (including phenoxy) is 1. The van der Waals surface area contributed by atoms with E-state index in [4.69, 9.17) is 10.5 Å². The highest BCUT2D eigenvalue weighted by Crippen LogP contribution is 2.39. The molecule has 0 fully saturated rings. The minimum absolute atomic E-state index is 0.0414. The van der Waals surface area contributed by atoms with Gasteiger partial charge in [-0.2, -0.15) is 0 Å². The van der Waals surface area contributed by atoms with Crippen LogP contribution in [0.4, 0.5) is 4.39 Å². The fourth-order valence-corrected chi connectivity index (χ4v) is 2.53. The van der Waals surface area contributed by atoms with Gasteiger partial charge < -0.3 is 10.5 Å². The molecule has 0 saturated heterocycles. The van der Waals surface area contributed by atoms with E-state index in [0.29, 0.717) is 12.0 Å². The lowest BCUT2D eigenvalue weighted by Crippen LogP contribution is -2.24. The van der Waals surface area contributed by atoms with Crippen LogP contribution in [0.25, 0.3) is 0 Å². The predicted octanol–water partition coefficient (Wildman–Crippen LogP) is 3.66. The summed E-state index contributed by atoms with van der Waals surface area (Å²) in [5.74, 6) is 0.637. The first-order valence-electron chi connectivity index (χ1n) is 6.42. The number of benzene rings is 2. The zero-order valence-corrected chi connectivity index (χ0v) is 10.8. The average Bonchev–Trinajstić information content (AvgIpc) is 2.42. The van der Waals surface area contributed by atoms with Gasteiger partial charge in [-0.1, -0.05) is 24.3 Å². The van der Waals surface area contributed by atoms with Gasteiger partial charge in [0.05, 0.1) is 0 Å². The van der Waals surface area contributed by atoms with Gasteiger partial charge in [0, 0.05) is 18.0 Å². The third-order valence-corrected chi connectivity index (χ3v) is 3.61. The van der Waals surface area contributed by atoms with E-state index in [1.54, 1.807) is 13.0 Å². The van der Waals surface area contributed by atoms with Crippen LogP contribution in [0.5, 0.6) is 5.75 Å². The zero-order chi connectivity index (χ0) is 13.4. The summed E-state index contributed by atoms with van der Waals surface area (Å²) in [5.41, 5.74) is 8.84. The summed E-state index contributed by atoms with van der Waals surface area (Å²) < 4.78 is 19.3. The second kappa shape index (κ2) is 4.67. The quantitative estimate of drug-likeness (QED) is 0.846. The van der Waals surface area contributed by atoms with Gasteiger partial charge in [-0.25, -0.2) is 4.39 Å². The Balaban J connectivity index is 1.94. The highest BCUT2D eigenvalue weighted by molar-refractivity contribution is 5.39. The molecule has 2 aromatic carbocycles. The summed E-state index contributed by atoms with van der Waals surface area (Å²) in [5, 5.41) is 0. The third kappa shape index (κ3) is 2.22. The lowest BCUT2D eigenvalue weighted by molar-refractivity contribution is 0.161. The first-order valence-corrected chi connectivity index (χ1v) is 6.42. The van der Waals surface area contributed by atoms with E-state index >= 15 is 0 Å². The van der Waals surface area contributed by atoms with Crippen molar-refractivity contribution in [3.63, 3.8) is 0 Å². The van der Waals surface area contributed by atoms with E-state index in [1.165, 1.54) is 6.07 Å². The van der Waals surface area contributed by atoms with Crippen molar-refractivity contribution in [2.45, 2.75) is 25.5 Å². The molecule has 0 bridgehead atoms. The van der Waals surface area contributed by atoms with Crippen LogP contribution < -0.4 is 10.5 Å². The van der Waals surface area contributed by atoms with E-state index in [2.05, 4.69) is 0 Å². The molecule has 3 heteroatoms. The molecule has 2 atom stereocenters. The predicted molar refractivity (Wildman–Crippen MR) is 72.5 cm³/mol. The minimum atomic E-state index is -0.191. The number of hydrogen-bond donors (Lipinski definition) is 1. The van der Waals surface area contributed by atoms with Gasteiger partial charge in [0.15, 0.2) is 0 Å². The summed E-state index contributed by atoms with van der Waals surface area (Å²) in [6.07, 6.45) is 0.603. The van der Waals surface area contributed by atoms with E-state index in [9.17, 15) is 4.39 Å². The molecule has 2 N–H and O–H groups in total. The first-order chi connectivity index (χ1) is 9.15. The minimum Gasteiger partial charge on any atom is -0.485 e. The van der Waals surface area contributed by atoms with Crippen LogP contribution in [0.2, 0.25) is 0 Å². The Bertz CT molecular complexity index is 611. The highest BCUT2D eigenvalue weighted by Gasteiger charge is 2.26. The molecule has 19 heavy (non-hydrogen) atoms. The summed E-state index contributed by atoms with van der Waals surface area (Å²) in [4.78, 5) is 0. The largest absolute Gasteiger partial charge is 0.485 e. The fraction of sp³-hybridized carbons (Fsp3) is 0.250. The summed E-state index contributed by atoms with van der Waals surface area (Å²) >= 11 is 0. The van der Waals surface area contributed by atoms with Crippen molar-refractivity contribution in [2.75, 3.05) is 0 Å². The Morgan fingerprint density at radius 3 is 2.79 bits per heavy atom. The lowest BCUT2D eigenvalue weighted by Gasteiger charge is -2.30. The van der Waals surface area contributed by atoms with Crippen LogP contribution >= 0.6 is 0 Å². The van der Waals surface area contributed by atoms with Crippen molar-refractivity contribution >= 4 is 0 Å². The molecule has 0 spiro atoms. The van der Waals surface area contributed by atoms with Crippen molar-refractivity contribution in [2.24, 2.45) is 5.73 Å². The van der Waals surface area contributed by atoms with E-state index in [0.717, 1.165) is 16.9 Å². The van der Waals surface area contributed by atoms with Crippen LogP contribution in [0, 0.1) is 12.7 Å². The standard InChI is InChI=1S/C16H16FNO/c1-10-8-11(6-7-13(10)17)16-9-14(18)12-4-2-3-5-15(12)19-16/h2-8,14,16H,9,18H2,1H3/t14-,16?/m1/s1. The van der Waals surface area contributed by atoms with E-state index in [1.807, 2.05) is 30.3 Å². The van der Waals surface area contributed by atoms with Crippen LogP contribution in [0.3, 0.4) is 0 Å². The molecule has 1 aliphatic rings. The zero-order valence-electron chi connectivity index (χ0n) is 10.8. The van der Waals surface area contributed by atoms with Gasteiger partial charge >= 0.3 is 0 Å². The molecule has 0 amide bonds. The number of rotatable bonds is 1. The number of halogens is 1. The van der Waals surface area contributed by atoms with Crippen molar-refractivity contribution in [3.8, 4) is 5.75 Å². The molecule has 0 saturated carbocycles. The van der Waals surface area contributed by atoms with Gasteiger partial charge in [-0.05, 0) is 36.2 Å². The van der Waals surface area contributed by atoms with E-state index in [-0.39, 0.29) is 18.0 Å². The molecular weight excluding hydrogens is 241 g/mol. The maximum absolute atomic E-state index is 13.3. The molecule has 3 rings (SSSR count). The van der Waals surface area contributed by atoms with Crippen LogP contribution in [0.15, 0.2) is 42.5 Å². The number of para-hydroxylation sites is 1. The highest BCUT2D eigenvalue weighted by atomic mass is 19.1. The molecule has 1 heterocycles. The summed E-state index contributed by atoms with van der Waals surface area (Å²) in [7, 11) is 0. The topological polar surface area (TPSA) is 35.2 Å². The monoisotopic (exact) mass is 257 g/mol. The molecule has 1 aliphatic heterocycles. The van der Waals surface area contributed by atoms with Crippen LogP contribution in [-0.4, -0.2) is 0 Å². The normalized spacial score (nSPS) is 21.6. The Morgan fingerprint density at radius 2 is 2.00 bits per heavy atom. The van der Waals surface area contributed by atoms with Crippen molar-refractivity contribution in [1.82, 2.24) is 0 Å². The number of hydrogen-bond acceptors (Lipinski definition) is 2. The summed E-state index contributed by atoms with van der Waals surface area (Å²) in [6, 6.07) is 12.9. The smallest absolute Gasteiger partial charge is 0.126 e. The van der Waals surface area contributed by atoms with Crippen LogP contribution in [-0.2, 0) is 0 Å². The van der Waals surface area contributed by atoms with Gasteiger partial charge in [0.1, 0.15) is 17.7 Å². The maximum Gasteiger partial charge on any atom is 0.126 e. The van der Waals surface area contributed by atoms with Gasteiger partial charge in [-0.15, -0.1) is 0 Å². The van der Waals surface area contributed by atoms with Crippen LogP contribution in [0.1, 0.15) is 35.3 Å². The summed E-state index contributed by atoms with van der Waals surface area (Å²) in [6.45, 7) is 1.76. The Kier molecular flexibility index (Phi) is 2.99. The van der Waals surface area contributed by atoms with Gasteiger partial charge in [0.25, 0.3) is 0 Å². The van der Waals surface area contributed by atoms with Gasteiger partial charge in [-0.3, -0.25) is 0 Å². The van der Waals surface area contributed by atoms with E-state index < -0.39 is 0 Å². The SMILES string of the molecule is Cc1cc(C2C[C@@H](N)c3ccccc3O2)ccc1F. The fourth-order valence-electron chi connectivity index (χ4n) is 2.53. The maximum atomic E-state index is 13.3. The molecule has 0 radical (unpaired) electrons. The number of fused-ring (bicyclic) bond motifs is 1. The first kappa shape index (κ1) is 12.2. The number of nitrogens with two attached hydrogens (primary N) is 1. The Morgan fingerprint density at radius 1 is 1.21 bits per heavy atom. The van der Waals surface area contributed by atoms with Gasteiger partial charge in [0.2, 0.25) is 0 Å². The molecule has 2 nitrogen and oxygen atoms in total. The lowest BCUT2D eigenvalue weighted by atomic mass is 9.93. The second-order valence-electron chi connectivity index (χ2n) is 5.00. The second-order valence-corrected chi connectivity index (χ2v) is 5.00. The van der Waals surface area contributed by atoms with Crippen molar-refractivity contribution < 1.29 is 9.13 Å². The van der Waals surface area contributed by atoms with Crippen molar-refractivity contribution in [1.29, 1.82) is 0 Å². The molecule has 1 unspecified atom stereocenters.